The Morgan fingerprint density at radius 3 is 2.90 bits per heavy atom. The molecule has 2 rings (SSSR count). The van der Waals surface area contributed by atoms with E-state index in [2.05, 4.69) is 31.2 Å². The average Bonchev–Trinajstić information content (AvgIpc) is 2.43. The van der Waals surface area contributed by atoms with E-state index >= 15 is 0 Å². The number of nitrogens with zero attached hydrogens (tertiary/aromatic N) is 3. The number of anilines is 1. The first kappa shape index (κ1) is 15.0. The van der Waals surface area contributed by atoms with Crippen molar-refractivity contribution >= 4 is 33.3 Å². The molecule has 20 heavy (non-hydrogen) atoms. The van der Waals surface area contributed by atoms with Gasteiger partial charge < -0.3 is 5.32 Å². The second kappa shape index (κ2) is 6.37. The number of hydrogen-bond donors (Lipinski definition) is 1. The van der Waals surface area contributed by atoms with Gasteiger partial charge in [-0.1, -0.05) is 11.6 Å². The fourth-order valence-electron chi connectivity index (χ4n) is 1.70. The fourth-order valence-corrected chi connectivity index (χ4v) is 2.19. The van der Waals surface area contributed by atoms with E-state index in [1.807, 2.05) is 6.92 Å². The van der Waals surface area contributed by atoms with Crippen LogP contribution in [-0.4, -0.2) is 21.1 Å². The van der Waals surface area contributed by atoms with Gasteiger partial charge in [0.25, 0.3) is 5.56 Å². The van der Waals surface area contributed by atoms with Crippen molar-refractivity contribution in [1.82, 2.24) is 14.5 Å². The van der Waals surface area contributed by atoms with Gasteiger partial charge in [-0.2, -0.15) is 0 Å². The molecule has 0 radical (unpaired) electrons. The molecule has 0 bridgehead atoms. The molecular formula is C13H14BrClN4O. The number of nitrogens with one attached hydrogen (secondary N) is 1. The third-order valence-corrected chi connectivity index (χ3v) is 4.01. The van der Waals surface area contributed by atoms with Gasteiger partial charge in [0, 0.05) is 6.54 Å². The van der Waals surface area contributed by atoms with Gasteiger partial charge in [0.15, 0.2) is 0 Å². The van der Waals surface area contributed by atoms with Gasteiger partial charge in [0.1, 0.15) is 10.3 Å². The lowest BCUT2D eigenvalue weighted by molar-refractivity contribution is 0.709. The standard InChI is InChI=1S/C13H14BrClN4O/c1-3-16-11-5-4-9(15)10(18-11)6-19-7-17-8(2)12(14)13(19)20/h4-5,7H,3,6H2,1-2H3,(H,16,18). The summed E-state index contributed by atoms with van der Waals surface area (Å²) >= 11 is 9.37. The summed E-state index contributed by atoms with van der Waals surface area (Å²) in [4.78, 5) is 20.7. The van der Waals surface area contributed by atoms with E-state index in [-0.39, 0.29) is 12.1 Å². The Balaban J connectivity index is 2.37. The van der Waals surface area contributed by atoms with E-state index in [0.29, 0.717) is 20.9 Å². The lowest BCUT2D eigenvalue weighted by atomic mass is 10.3. The minimum Gasteiger partial charge on any atom is -0.370 e. The molecule has 0 aliphatic rings. The highest BCUT2D eigenvalue weighted by Gasteiger charge is 2.09. The molecule has 2 aromatic heterocycles. The molecule has 0 aliphatic heterocycles. The number of halogens is 2. The van der Waals surface area contributed by atoms with Crippen molar-refractivity contribution in [3.63, 3.8) is 0 Å². The van der Waals surface area contributed by atoms with Gasteiger partial charge in [-0.3, -0.25) is 9.36 Å². The zero-order chi connectivity index (χ0) is 14.7. The van der Waals surface area contributed by atoms with E-state index in [1.165, 1.54) is 10.9 Å². The third-order valence-electron chi connectivity index (χ3n) is 2.75. The predicted molar refractivity (Wildman–Crippen MR) is 83.4 cm³/mol. The lowest BCUT2D eigenvalue weighted by Gasteiger charge is -2.10. The minimum absolute atomic E-state index is 0.149. The van der Waals surface area contributed by atoms with E-state index in [0.717, 1.165) is 12.4 Å². The van der Waals surface area contributed by atoms with Crippen molar-refractivity contribution in [2.45, 2.75) is 20.4 Å². The molecule has 0 unspecified atom stereocenters. The predicted octanol–water partition coefficient (Wildman–Crippen LogP) is 2.84. The highest BCUT2D eigenvalue weighted by Crippen LogP contribution is 2.17. The summed E-state index contributed by atoms with van der Waals surface area (Å²) in [7, 11) is 0. The van der Waals surface area contributed by atoms with Gasteiger partial charge in [0.2, 0.25) is 0 Å². The number of aryl methyl sites for hydroxylation is 1. The number of pyridine rings is 1. The van der Waals surface area contributed by atoms with Crippen LogP contribution >= 0.6 is 27.5 Å². The van der Waals surface area contributed by atoms with E-state index in [9.17, 15) is 4.79 Å². The fraction of sp³-hybridized carbons (Fsp3) is 0.308. The first-order chi connectivity index (χ1) is 9.52. The molecule has 2 aromatic rings. The number of hydrogen-bond acceptors (Lipinski definition) is 4. The number of aromatic nitrogens is 3. The van der Waals surface area contributed by atoms with Crippen molar-refractivity contribution < 1.29 is 0 Å². The summed E-state index contributed by atoms with van der Waals surface area (Å²) < 4.78 is 1.93. The summed E-state index contributed by atoms with van der Waals surface area (Å²) in [6.07, 6.45) is 1.50. The second-order valence-electron chi connectivity index (χ2n) is 4.23. The summed E-state index contributed by atoms with van der Waals surface area (Å²) in [5.74, 6) is 0.735. The maximum atomic E-state index is 12.1. The van der Waals surface area contributed by atoms with Crippen molar-refractivity contribution in [3.8, 4) is 0 Å². The SMILES string of the molecule is CCNc1ccc(Cl)c(Cn2cnc(C)c(Br)c2=O)n1. The normalized spacial score (nSPS) is 10.6. The zero-order valence-electron chi connectivity index (χ0n) is 11.2. The molecule has 2 heterocycles. The molecule has 0 fully saturated rings. The topological polar surface area (TPSA) is 59.8 Å². The van der Waals surface area contributed by atoms with Gasteiger partial charge >= 0.3 is 0 Å². The Morgan fingerprint density at radius 1 is 1.45 bits per heavy atom. The third kappa shape index (κ3) is 3.19. The van der Waals surface area contributed by atoms with Crippen LogP contribution in [0, 0.1) is 6.92 Å². The summed E-state index contributed by atoms with van der Waals surface area (Å²) in [6.45, 7) is 4.81. The highest BCUT2D eigenvalue weighted by molar-refractivity contribution is 9.10. The van der Waals surface area contributed by atoms with E-state index < -0.39 is 0 Å². The first-order valence-electron chi connectivity index (χ1n) is 6.13. The van der Waals surface area contributed by atoms with Gasteiger partial charge in [-0.05, 0) is 41.9 Å². The Bertz CT molecular complexity index is 687. The van der Waals surface area contributed by atoms with Crippen LogP contribution in [0.15, 0.2) is 27.7 Å². The van der Waals surface area contributed by atoms with Crippen molar-refractivity contribution in [2.24, 2.45) is 0 Å². The van der Waals surface area contributed by atoms with Crippen molar-refractivity contribution in [3.05, 3.63) is 49.7 Å². The first-order valence-corrected chi connectivity index (χ1v) is 7.31. The molecule has 0 aromatic carbocycles. The zero-order valence-corrected chi connectivity index (χ0v) is 13.5. The van der Waals surface area contributed by atoms with Gasteiger partial charge in [0.05, 0.1) is 29.3 Å². The summed E-state index contributed by atoms with van der Waals surface area (Å²) in [5, 5.41) is 3.64. The Morgan fingerprint density at radius 2 is 2.20 bits per heavy atom. The van der Waals surface area contributed by atoms with Gasteiger partial charge in [-0.25, -0.2) is 9.97 Å². The van der Waals surface area contributed by atoms with Crippen LogP contribution in [0.1, 0.15) is 18.3 Å². The molecule has 0 spiro atoms. The molecular weight excluding hydrogens is 344 g/mol. The lowest BCUT2D eigenvalue weighted by Crippen LogP contribution is -2.23. The van der Waals surface area contributed by atoms with Crippen LogP contribution in [-0.2, 0) is 6.54 Å². The Hall–Kier alpha value is -1.40. The molecule has 0 amide bonds. The van der Waals surface area contributed by atoms with Crippen molar-refractivity contribution in [2.75, 3.05) is 11.9 Å². The highest BCUT2D eigenvalue weighted by atomic mass is 79.9. The molecule has 0 atom stereocenters. The van der Waals surface area contributed by atoms with Crippen LogP contribution in [0.3, 0.4) is 0 Å². The average molecular weight is 358 g/mol. The minimum atomic E-state index is -0.149. The van der Waals surface area contributed by atoms with Crippen LogP contribution in [0.2, 0.25) is 5.02 Å². The molecule has 5 nitrogen and oxygen atoms in total. The molecule has 1 N–H and O–H groups in total. The van der Waals surface area contributed by atoms with Crippen LogP contribution in [0.4, 0.5) is 5.82 Å². The molecule has 0 saturated carbocycles. The van der Waals surface area contributed by atoms with E-state index in [4.69, 9.17) is 11.6 Å². The molecule has 0 saturated heterocycles. The maximum Gasteiger partial charge on any atom is 0.268 e. The maximum absolute atomic E-state index is 12.1. The monoisotopic (exact) mass is 356 g/mol. The van der Waals surface area contributed by atoms with Crippen LogP contribution in [0.25, 0.3) is 0 Å². The molecule has 106 valence electrons. The van der Waals surface area contributed by atoms with Crippen molar-refractivity contribution in [1.29, 1.82) is 0 Å². The molecule has 7 heteroatoms. The van der Waals surface area contributed by atoms with E-state index in [1.54, 1.807) is 19.1 Å². The Kier molecular flexibility index (Phi) is 4.77. The number of rotatable bonds is 4. The smallest absolute Gasteiger partial charge is 0.268 e. The second-order valence-corrected chi connectivity index (χ2v) is 5.43. The van der Waals surface area contributed by atoms with Crippen LogP contribution in [0.5, 0.6) is 0 Å². The largest absolute Gasteiger partial charge is 0.370 e. The van der Waals surface area contributed by atoms with Gasteiger partial charge in [-0.15, -0.1) is 0 Å². The summed E-state index contributed by atoms with van der Waals surface area (Å²) in [6, 6.07) is 3.57. The quantitative estimate of drug-likeness (QED) is 0.914. The Labute approximate surface area is 130 Å². The summed E-state index contributed by atoms with van der Waals surface area (Å²) in [5.41, 5.74) is 1.14. The van der Waals surface area contributed by atoms with Crippen LogP contribution < -0.4 is 10.9 Å². The molecule has 0 aliphatic carbocycles.